The number of amides is 1. The maximum absolute atomic E-state index is 11.6. The van der Waals surface area contributed by atoms with E-state index in [-0.39, 0.29) is 5.91 Å². The maximum Gasteiger partial charge on any atom is 0.488 e. The Kier molecular flexibility index (Phi) is 6.38. The van der Waals surface area contributed by atoms with Crippen molar-refractivity contribution in [1.29, 1.82) is 0 Å². The standard InChI is InChI=1S/C11H17BN2O4/c13-5-7-18-8-6-14-11(15)9-1-3-10(4-2-9)12(16)17/h1-4,16-17H,5-8,13H2,(H,14,15). The zero-order valence-corrected chi connectivity index (χ0v) is 10.0. The van der Waals surface area contributed by atoms with Crippen molar-refractivity contribution in [3.8, 4) is 0 Å². The zero-order valence-electron chi connectivity index (χ0n) is 10.0. The van der Waals surface area contributed by atoms with Crippen LogP contribution < -0.4 is 16.5 Å². The molecule has 98 valence electrons. The molecular weight excluding hydrogens is 235 g/mol. The van der Waals surface area contributed by atoms with Crippen LogP contribution in [0.3, 0.4) is 0 Å². The van der Waals surface area contributed by atoms with Gasteiger partial charge in [0, 0.05) is 18.7 Å². The number of carbonyl (C=O) groups is 1. The minimum Gasteiger partial charge on any atom is -0.423 e. The van der Waals surface area contributed by atoms with E-state index in [9.17, 15) is 4.79 Å². The Morgan fingerprint density at radius 3 is 2.50 bits per heavy atom. The summed E-state index contributed by atoms with van der Waals surface area (Å²) in [5, 5.41) is 20.5. The van der Waals surface area contributed by atoms with E-state index in [1.807, 2.05) is 0 Å². The lowest BCUT2D eigenvalue weighted by Gasteiger charge is -2.06. The van der Waals surface area contributed by atoms with Crippen LogP contribution in [0.2, 0.25) is 0 Å². The van der Waals surface area contributed by atoms with E-state index in [4.69, 9.17) is 20.5 Å². The molecule has 0 aliphatic heterocycles. The molecule has 0 heterocycles. The van der Waals surface area contributed by atoms with Crippen LogP contribution >= 0.6 is 0 Å². The monoisotopic (exact) mass is 252 g/mol. The lowest BCUT2D eigenvalue weighted by atomic mass is 9.80. The molecule has 0 unspecified atom stereocenters. The molecule has 0 fully saturated rings. The Morgan fingerprint density at radius 2 is 1.94 bits per heavy atom. The molecule has 0 saturated carbocycles. The molecule has 5 N–H and O–H groups in total. The van der Waals surface area contributed by atoms with Gasteiger partial charge >= 0.3 is 7.12 Å². The minimum atomic E-state index is -1.52. The number of nitrogens with two attached hydrogens (primary N) is 1. The van der Waals surface area contributed by atoms with Gasteiger partial charge in [0.25, 0.3) is 5.91 Å². The highest BCUT2D eigenvalue weighted by Gasteiger charge is 2.11. The summed E-state index contributed by atoms with van der Waals surface area (Å²) in [6, 6.07) is 6.05. The van der Waals surface area contributed by atoms with E-state index in [2.05, 4.69) is 5.32 Å². The first-order valence-corrected chi connectivity index (χ1v) is 5.67. The van der Waals surface area contributed by atoms with Gasteiger partial charge in [-0.1, -0.05) is 12.1 Å². The average Bonchev–Trinajstić information content (AvgIpc) is 2.38. The second-order valence-electron chi connectivity index (χ2n) is 3.65. The summed E-state index contributed by atoms with van der Waals surface area (Å²) in [6.45, 7) is 1.75. The van der Waals surface area contributed by atoms with E-state index in [0.717, 1.165) is 0 Å². The lowest BCUT2D eigenvalue weighted by molar-refractivity contribution is 0.0920. The summed E-state index contributed by atoms with van der Waals surface area (Å²) in [6.07, 6.45) is 0. The van der Waals surface area contributed by atoms with E-state index >= 15 is 0 Å². The van der Waals surface area contributed by atoms with Crippen molar-refractivity contribution in [2.24, 2.45) is 5.73 Å². The van der Waals surface area contributed by atoms with Crippen LogP contribution in [0.25, 0.3) is 0 Å². The molecular formula is C11H17BN2O4. The molecule has 0 radical (unpaired) electrons. The third kappa shape index (κ3) is 4.85. The summed E-state index contributed by atoms with van der Waals surface area (Å²) < 4.78 is 5.11. The van der Waals surface area contributed by atoms with Gasteiger partial charge in [0.15, 0.2) is 0 Å². The SMILES string of the molecule is NCCOCCNC(=O)c1ccc(B(O)O)cc1. The van der Waals surface area contributed by atoms with E-state index in [1.165, 1.54) is 24.3 Å². The third-order valence-electron chi connectivity index (χ3n) is 2.27. The van der Waals surface area contributed by atoms with Gasteiger partial charge in [0.05, 0.1) is 13.2 Å². The average molecular weight is 252 g/mol. The smallest absolute Gasteiger partial charge is 0.423 e. The van der Waals surface area contributed by atoms with Crippen LogP contribution in [-0.4, -0.2) is 49.4 Å². The fourth-order valence-corrected chi connectivity index (χ4v) is 1.33. The van der Waals surface area contributed by atoms with E-state index in [0.29, 0.717) is 37.3 Å². The second kappa shape index (κ2) is 7.83. The van der Waals surface area contributed by atoms with Crippen LogP contribution in [0.5, 0.6) is 0 Å². The normalized spacial score (nSPS) is 10.2. The van der Waals surface area contributed by atoms with Gasteiger partial charge in [-0.3, -0.25) is 4.79 Å². The predicted molar refractivity (Wildman–Crippen MR) is 68.5 cm³/mol. The lowest BCUT2D eigenvalue weighted by Crippen LogP contribution is -2.31. The molecule has 1 amide bonds. The van der Waals surface area contributed by atoms with Crippen LogP contribution in [0.15, 0.2) is 24.3 Å². The van der Waals surface area contributed by atoms with Gasteiger partial charge in [0.1, 0.15) is 0 Å². The van der Waals surface area contributed by atoms with Crippen molar-refractivity contribution >= 4 is 18.5 Å². The summed E-state index contributed by atoms with van der Waals surface area (Å²) in [7, 11) is -1.52. The fraction of sp³-hybridized carbons (Fsp3) is 0.364. The highest BCUT2D eigenvalue weighted by atomic mass is 16.5. The highest BCUT2D eigenvalue weighted by molar-refractivity contribution is 6.58. The number of carbonyl (C=O) groups excluding carboxylic acids is 1. The largest absolute Gasteiger partial charge is 0.488 e. The summed E-state index contributed by atoms with van der Waals surface area (Å²) in [5.41, 5.74) is 6.05. The molecule has 0 aliphatic carbocycles. The first-order chi connectivity index (χ1) is 8.65. The fourth-order valence-electron chi connectivity index (χ4n) is 1.33. The predicted octanol–water partition coefficient (Wildman–Crippen LogP) is -1.93. The van der Waals surface area contributed by atoms with Crippen molar-refractivity contribution < 1.29 is 19.6 Å². The first kappa shape index (κ1) is 14.7. The number of ether oxygens (including phenoxy) is 1. The molecule has 0 saturated heterocycles. The van der Waals surface area contributed by atoms with Gasteiger partial charge in [0.2, 0.25) is 0 Å². The van der Waals surface area contributed by atoms with Gasteiger partial charge in [-0.05, 0) is 17.6 Å². The second-order valence-corrected chi connectivity index (χ2v) is 3.65. The highest BCUT2D eigenvalue weighted by Crippen LogP contribution is 1.97. The number of rotatable bonds is 7. The number of nitrogens with one attached hydrogen (secondary N) is 1. The Morgan fingerprint density at radius 1 is 1.28 bits per heavy atom. The van der Waals surface area contributed by atoms with Gasteiger partial charge < -0.3 is 25.8 Å². The summed E-state index contributed by atoms with van der Waals surface area (Å²) in [4.78, 5) is 11.6. The van der Waals surface area contributed by atoms with Crippen molar-refractivity contribution in [3.63, 3.8) is 0 Å². The topological polar surface area (TPSA) is 105 Å². The molecule has 7 heteroatoms. The Bertz CT molecular complexity index is 370. The van der Waals surface area contributed by atoms with Gasteiger partial charge in [-0.2, -0.15) is 0 Å². The Labute approximate surface area is 106 Å². The number of hydrogen-bond donors (Lipinski definition) is 4. The van der Waals surface area contributed by atoms with Crippen LogP contribution in [0.1, 0.15) is 10.4 Å². The molecule has 1 aromatic carbocycles. The Hall–Kier alpha value is -1.41. The van der Waals surface area contributed by atoms with Crippen molar-refractivity contribution in [3.05, 3.63) is 29.8 Å². The molecule has 0 bridgehead atoms. The molecule has 18 heavy (non-hydrogen) atoms. The van der Waals surface area contributed by atoms with Crippen molar-refractivity contribution in [2.75, 3.05) is 26.3 Å². The number of benzene rings is 1. The van der Waals surface area contributed by atoms with Crippen LogP contribution in [0.4, 0.5) is 0 Å². The van der Waals surface area contributed by atoms with E-state index in [1.54, 1.807) is 0 Å². The van der Waals surface area contributed by atoms with Crippen molar-refractivity contribution in [1.82, 2.24) is 5.32 Å². The third-order valence-corrected chi connectivity index (χ3v) is 2.27. The molecule has 1 rings (SSSR count). The van der Waals surface area contributed by atoms with Crippen molar-refractivity contribution in [2.45, 2.75) is 0 Å². The summed E-state index contributed by atoms with van der Waals surface area (Å²) in [5.74, 6) is -0.231. The molecule has 0 aromatic heterocycles. The van der Waals surface area contributed by atoms with Crippen LogP contribution in [0, 0.1) is 0 Å². The quantitative estimate of drug-likeness (QED) is 0.334. The molecule has 0 spiro atoms. The summed E-state index contributed by atoms with van der Waals surface area (Å²) >= 11 is 0. The van der Waals surface area contributed by atoms with Gasteiger partial charge in [-0.15, -0.1) is 0 Å². The van der Waals surface area contributed by atoms with Gasteiger partial charge in [-0.25, -0.2) is 0 Å². The Balaban J connectivity index is 2.37. The van der Waals surface area contributed by atoms with Crippen LogP contribution in [-0.2, 0) is 4.74 Å². The zero-order chi connectivity index (χ0) is 13.4. The molecule has 0 atom stereocenters. The molecule has 0 aliphatic rings. The molecule has 6 nitrogen and oxygen atoms in total. The minimum absolute atomic E-state index is 0.231. The first-order valence-electron chi connectivity index (χ1n) is 5.67. The number of hydrogen-bond acceptors (Lipinski definition) is 5. The molecule has 1 aromatic rings. The maximum atomic E-state index is 11.6. The van der Waals surface area contributed by atoms with E-state index < -0.39 is 7.12 Å².